The van der Waals surface area contributed by atoms with Crippen LogP contribution < -0.4 is 0 Å². The zero-order chi connectivity index (χ0) is 9.31. The molecule has 1 heteroatoms. The molecule has 0 saturated heterocycles. The van der Waals surface area contributed by atoms with E-state index in [0.29, 0.717) is 0 Å². The molecule has 1 unspecified atom stereocenters. The lowest BCUT2D eigenvalue weighted by molar-refractivity contribution is 0.554. The van der Waals surface area contributed by atoms with Crippen LogP contribution in [-0.4, -0.2) is 0 Å². The van der Waals surface area contributed by atoms with E-state index in [1.165, 1.54) is 5.56 Å². The van der Waals surface area contributed by atoms with Gasteiger partial charge in [0.1, 0.15) is 0 Å². The van der Waals surface area contributed by atoms with Crippen molar-refractivity contribution < 1.29 is 0 Å². The van der Waals surface area contributed by atoms with Gasteiger partial charge in [0.25, 0.3) is 0 Å². The van der Waals surface area contributed by atoms with Crippen LogP contribution >= 0.6 is 0 Å². The summed E-state index contributed by atoms with van der Waals surface area (Å²) in [6.45, 7) is 2.22. The van der Waals surface area contributed by atoms with E-state index in [0.717, 1.165) is 12.0 Å². The second-order valence-electron chi connectivity index (χ2n) is 3.71. The predicted octanol–water partition coefficient (Wildman–Crippen LogP) is 2.78. The van der Waals surface area contributed by atoms with Crippen molar-refractivity contribution in [2.24, 2.45) is 0 Å². The van der Waals surface area contributed by atoms with E-state index in [2.05, 4.69) is 25.1 Å². The van der Waals surface area contributed by atoms with Gasteiger partial charge in [-0.3, -0.25) is 0 Å². The fourth-order valence-corrected chi connectivity index (χ4v) is 1.61. The van der Waals surface area contributed by atoms with Crippen LogP contribution in [0.2, 0.25) is 0 Å². The number of nitrogens with zero attached hydrogens (tertiary/aromatic N) is 1. The first kappa shape index (κ1) is 8.07. The fourth-order valence-electron chi connectivity index (χ4n) is 1.61. The SMILES string of the molecule is CC1(c2ccc(C#N)cc2)C=CC1. The maximum atomic E-state index is 8.64. The van der Waals surface area contributed by atoms with Crippen molar-refractivity contribution in [2.45, 2.75) is 18.8 Å². The number of hydrogen-bond donors (Lipinski definition) is 0. The lowest BCUT2D eigenvalue weighted by Crippen LogP contribution is -2.23. The van der Waals surface area contributed by atoms with Gasteiger partial charge >= 0.3 is 0 Å². The van der Waals surface area contributed by atoms with Crippen molar-refractivity contribution in [1.29, 1.82) is 5.26 Å². The Hall–Kier alpha value is -1.55. The molecular formula is C12H11N. The summed E-state index contributed by atoms with van der Waals surface area (Å²) in [5, 5.41) is 8.64. The van der Waals surface area contributed by atoms with E-state index in [1.807, 2.05) is 24.3 Å². The maximum absolute atomic E-state index is 8.64. The molecule has 13 heavy (non-hydrogen) atoms. The van der Waals surface area contributed by atoms with Gasteiger partial charge in [-0.15, -0.1) is 0 Å². The lowest BCUT2D eigenvalue weighted by Gasteiger charge is -2.31. The van der Waals surface area contributed by atoms with Gasteiger partial charge in [-0.1, -0.05) is 31.2 Å². The van der Waals surface area contributed by atoms with Gasteiger partial charge in [-0.25, -0.2) is 0 Å². The zero-order valence-electron chi connectivity index (χ0n) is 7.62. The summed E-state index contributed by atoms with van der Waals surface area (Å²) in [5.41, 5.74) is 2.25. The van der Waals surface area contributed by atoms with Crippen LogP contribution in [0.25, 0.3) is 0 Å². The third kappa shape index (κ3) is 1.25. The first-order valence-corrected chi connectivity index (χ1v) is 4.43. The standard InChI is InChI=1S/C12H11N/c1-12(7-2-8-12)11-5-3-10(9-13)4-6-11/h2-7H,8H2,1H3. The maximum Gasteiger partial charge on any atom is 0.0991 e. The average molecular weight is 169 g/mol. The highest BCUT2D eigenvalue weighted by atomic mass is 14.3. The Bertz CT molecular complexity index is 381. The minimum absolute atomic E-state index is 0.216. The minimum atomic E-state index is 0.216. The molecule has 64 valence electrons. The summed E-state index contributed by atoms with van der Waals surface area (Å²) in [4.78, 5) is 0. The molecule has 1 aromatic rings. The molecule has 2 rings (SSSR count). The zero-order valence-corrected chi connectivity index (χ0v) is 7.62. The Kier molecular flexibility index (Phi) is 1.70. The minimum Gasteiger partial charge on any atom is -0.192 e. The smallest absolute Gasteiger partial charge is 0.0991 e. The Morgan fingerprint density at radius 3 is 2.31 bits per heavy atom. The molecule has 1 aliphatic rings. The third-order valence-electron chi connectivity index (χ3n) is 2.70. The normalized spacial score (nSPS) is 24.9. The van der Waals surface area contributed by atoms with Gasteiger partial charge in [0.05, 0.1) is 11.6 Å². The van der Waals surface area contributed by atoms with E-state index in [1.54, 1.807) is 0 Å². The van der Waals surface area contributed by atoms with E-state index < -0.39 is 0 Å². The highest BCUT2D eigenvalue weighted by Crippen LogP contribution is 2.36. The topological polar surface area (TPSA) is 23.8 Å². The second-order valence-corrected chi connectivity index (χ2v) is 3.71. The van der Waals surface area contributed by atoms with Gasteiger partial charge < -0.3 is 0 Å². The quantitative estimate of drug-likeness (QED) is 0.593. The second kappa shape index (κ2) is 2.74. The molecule has 0 bridgehead atoms. The molecule has 1 atom stereocenters. The first-order valence-electron chi connectivity index (χ1n) is 4.43. The number of rotatable bonds is 1. The summed E-state index contributed by atoms with van der Waals surface area (Å²) < 4.78 is 0. The van der Waals surface area contributed by atoms with Crippen molar-refractivity contribution in [2.75, 3.05) is 0 Å². The highest BCUT2D eigenvalue weighted by Gasteiger charge is 2.27. The van der Waals surface area contributed by atoms with E-state index in [4.69, 9.17) is 5.26 Å². The molecule has 0 aliphatic heterocycles. The summed E-state index contributed by atoms with van der Waals surface area (Å²) in [6, 6.07) is 9.97. The molecular weight excluding hydrogens is 158 g/mol. The van der Waals surface area contributed by atoms with E-state index in [9.17, 15) is 0 Å². The molecule has 0 saturated carbocycles. The monoisotopic (exact) mass is 169 g/mol. The fraction of sp³-hybridized carbons (Fsp3) is 0.250. The first-order chi connectivity index (χ1) is 6.24. The van der Waals surface area contributed by atoms with E-state index in [-0.39, 0.29) is 5.41 Å². The molecule has 0 amide bonds. The molecule has 0 spiro atoms. The third-order valence-corrected chi connectivity index (χ3v) is 2.70. The number of nitriles is 1. The van der Waals surface area contributed by atoms with E-state index >= 15 is 0 Å². The van der Waals surface area contributed by atoms with Crippen LogP contribution in [0.5, 0.6) is 0 Å². The van der Waals surface area contributed by atoms with Gasteiger partial charge in [0.2, 0.25) is 0 Å². The van der Waals surface area contributed by atoms with Crippen LogP contribution in [0.1, 0.15) is 24.5 Å². The Balaban J connectivity index is 2.34. The molecule has 0 radical (unpaired) electrons. The van der Waals surface area contributed by atoms with Crippen molar-refractivity contribution in [1.82, 2.24) is 0 Å². The van der Waals surface area contributed by atoms with Crippen molar-refractivity contribution in [3.05, 3.63) is 47.5 Å². The average Bonchev–Trinajstić information content (AvgIpc) is 2.14. The van der Waals surface area contributed by atoms with Gasteiger partial charge in [-0.05, 0) is 24.1 Å². The molecule has 1 nitrogen and oxygen atoms in total. The number of hydrogen-bond acceptors (Lipinski definition) is 1. The molecule has 0 aromatic heterocycles. The highest BCUT2D eigenvalue weighted by molar-refractivity contribution is 5.40. The van der Waals surface area contributed by atoms with Gasteiger partial charge in [-0.2, -0.15) is 5.26 Å². The largest absolute Gasteiger partial charge is 0.192 e. The molecule has 0 heterocycles. The number of benzene rings is 1. The summed E-state index contributed by atoms with van der Waals surface area (Å²) in [6.07, 6.45) is 5.51. The van der Waals surface area contributed by atoms with Crippen molar-refractivity contribution in [3.8, 4) is 6.07 Å². The summed E-state index contributed by atoms with van der Waals surface area (Å²) in [7, 11) is 0. The molecule has 0 fully saturated rings. The van der Waals surface area contributed by atoms with Crippen molar-refractivity contribution in [3.63, 3.8) is 0 Å². The Morgan fingerprint density at radius 1 is 1.31 bits per heavy atom. The predicted molar refractivity (Wildman–Crippen MR) is 52.3 cm³/mol. The summed E-state index contributed by atoms with van der Waals surface area (Å²) in [5.74, 6) is 0. The summed E-state index contributed by atoms with van der Waals surface area (Å²) >= 11 is 0. The Morgan fingerprint density at radius 2 is 1.92 bits per heavy atom. The number of allylic oxidation sites excluding steroid dienone is 2. The van der Waals surface area contributed by atoms with Gasteiger partial charge in [0.15, 0.2) is 0 Å². The van der Waals surface area contributed by atoms with Crippen LogP contribution in [0.15, 0.2) is 36.4 Å². The van der Waals surface area contributed by atoms with Crippen LogP contribution in [-0.2, 0) is 5.41 Å². The van der Waals surface area contributed by atoms with Crippen LogP contribution in [0.4, 0.5) is 0 Å². The van der Waals surface area contributed by atoms with Crippen molar-refractivity contribution >= 4 is 0 Å². The molecule has 1 aromatic carbocycles. The Labute approximate surface area is 78.3 Å². The van der Waals surface area contributed by atoms with Gasteiger partial charge in [0, 0.05) is 5.41 Å². The molecule has 0 N–H and O–H groups in total. The lowest BCUT2D eigenvalue weighted by atomic mass is 9.72. The molecule has 1 aliphatic carbocycles. The van der Waals surface area contributed by atoms with Crippen LogP contribution in [0, 0.1) is 11.3 Å². The van der Waals surface area contributed by atoms with Crippen LogP contribution in [0.3, 0.4) is 0 Å².